The minimum absolute atomic E-state index is 0.0767. The van der Waals surface area contributed by atoms with E-state index in [1.807, 2.05) is 0 Å². The van der Waals surface area contributed by atoms with Gasteiger partial charge in [0, 0.05) is 10.0 Å². The fraction of sp³-hybridized carbons (Fsp3) is 0.200. The number of methoxy groups -OCH3 is 2. The lowest BCUT2D eigenvalue weighted by Crippen LogP contribution is -2.00. The number of furan rings is 1. The van der Waals surface area contributed by atoms with E-state index >= 15 is 0 Å². The molecule has 0 N–H and O–H groups in total. The monoisotopic (exact) mass is 368 g/mol. The number of halogens is 1. The molecule has 0 spiro atoms. The zero-order chi connectivity index (χ0) is 16.1. The topological polar surface area (TPSA) is 75.0 Å². The summed E-state index contributed by atoms with van der Waals surface area (Å²) in [6.45, 7) is 0.0767. The second-order valence-corrected chi connectivity index (χ2v) is 5.04. The third-order valence-electron chi connectivity index (χ3n) is 2.83. The van der Waals surface area contributed by atoms with Gasteiger partial charge in [-0.25, -0.2) is 4.79 Å². The molecule has 7 heteroatoms. The average Bonchev–Trinajstić information content (AvgIpc) is 3.01. The van der Waals surface area contributed by atoms with Gasteiger partial charge < -0.3 is 18.6 Å². The highest BCUT2D eigenvalue weighted by Gasteiger charge is 2.13. The fourth-order valence-electron chi connectivity index (χ4n) is 1.73. The SMILES string of the molecule is COC(=O)c1ccc(COc2cc(C=O)c(Br)cc2OC)o1. The van der Waals surface area contributed by atoms with Crippen LogP contribution < -0.4 is 9.47 Å². The number of aldehydes is 1. The van der Waals surface area contributed by atoms with Crippen molar-refractivity contribution in [2.45, 2.75) is 6.61 Å². The van der Waals surface area contributed by atoms with E-state index in [0.717, 1.165) is 0 Å². The van der Waals surface area contributed by atoms with Gasteiger partial charge in [-0.2, -0.15) is 0 Å². The van der Waals surface area contributed by atoms with Gasteiger partial charge in [0.05, 0.1) is 14.2 Å². The number of hydrogen-bond acceptors (Lipinski definition) is 6. The van der Waals surface area contributed by atoms with Gasteiger partial charge in [-0.1, -0.05) is 0 Å². The molecule has 2 rings (SSSR count). The quantitative estimate of drug-likeness (QED) is 0.575. The molecule has 0 bridgehead atoms. The summed E-state index contributed by atoms with van der Waals surface area (Å²) in [4.78, 5) is 22.3. The average molecular weight is 369 g/mol. The highest BCUT2D eigenvalue weighted by Crippen LogP contribution is 2.33. The summed E-state index contributed by atoms with van der Waals surface area (Å²) in [5.41, 5.74) is 0.436. The Morgan fingerprint density at radius 2 is 2.05 bits per heavy atom. The number of carbonyl (C=O) groups excluding carboxylic acids is 2. The molecule has 1 aromatic carbocycles. The maximum absolute atomic E-state index is 11.3. The summed E-state index contributed by atoms with van der Waals surface area (Å²) in [7, 11) is 2.77. The van der Waals surface area contributed by atoms with E-state index in [-0.39, 0.29) is 12.4 Å². The molecule has 0 radical (unpaired) electrons. The van der Waals surface area contributed by atoms with Crippen molar-refractivity contribution < 1.29 is 28.2 Å². The molecule has 0 saturated heterocycles. The molecule has 0 fully saturated rings. The predicted molar refractivity (Wildman–Crippen MR) is 80.5 cm³/mol. The third-order valence-corrected chi connectivity index (χ3v) is 3.51. The minimum Gasteiger partial charge on any atom is -0.493 e. The second kappa shape index (κ2) is 7.13. The van der Waals surface area contributed by atoms with E-state index in [0.29, 0.717) is 33.6 Å². The zero-order valence-corrected chi connectivity index (χ0v) is 13.5. The lowest BCUT2D eigenvalue weighted by atomic mass is 10.2. The highest BCUT2D eigenvalue weighted by molar-refractivity contribution is 9.10. The minimum atomic E-state index is -0.560. The van der Waals surface area contributed by atoms with Gasteiger partial charge in [0.1, 0.15) is 12.4 Å². The van der Waals surface area contributed by atoms with Crippen LogP contribution in [0.15, 0.2) is 33.2 Å². The van der Waals surface area contributed by atoms with Gasteiger partial charge in [-0.3, -0.25) is 4.79 Å². The Kier molecular flexibility index (Phi) is 5.21. The molecule has 2 aromatic rings. The molecular formula is C15H13BrO6. The van der Waals surface area contributed by atoms with E-state index in [9.17, 15) is 9.59 Å². The first-order valence-corrected chi connectivity index (χ1v) is 7.01. The van der Waals surface area contributed by atoms with Crippen LogP contribution in [-0.2, 0) is 11.3 Å². The predicted octanol–water partition coefficient (Wildman–Crippen LogP) is 3.23. The summed E-state index contributed by atoms with van der Waals surface area (Å²) in [6, 6.07) is 6.31. The van der Waals surface area contributed by atoms with Crippen molar-refractivity contribution in [1.29, 1.82) is 0 Å². The standard InChI is InChI=1S/C15H13BrO6/c1-19-13-6-11(16)9(7-17)5-14(13)21-8-10-3-4-12(22-10)15(18)20-2/h3-7H,8H2,1-2H3. The largest absolute Gasteiger partial charge is 0.493 e. The summed E-state index contributed by atoms with van der Waals surface area (Å²) < 4.78 is 21.2. The van der Waals surface area contributed by atoms with Crippen molar-refractivity contribution in [2.75, 3.05) is 14.2 Å². The first-order chi connectivity index (χ1) is 10.6. The lowest BCUT2D eigenvalue weighted by Gasteiger charge is -2.11. The Morgan fingerprint density at radius 1 is 1.27 bits per heavy atom. The van der Waals surface area contributed by atoms with Crippen LogP contribution >= 0.6 is 15.9 Å². The molecule has 1 heterocycles. The molecule has 22 heavy (non-hydrogen) atoms. The summed E-state index contributed by atoms with van der Waals surface area (Å²) in [6.07, 6.45) is 0.707. The molecule has 6 nitrogen and oxygen atoms in total. The molecule has 0 aliphatic heterocycles. The van der Waals surface area contributed by atoms with Crippen LogP contribution in [0.1, 0.15) is 26.7 Å². The number of rotatable bonds is 6. The Bertz CT molecular complexity index is 691. The Balaban J connectivity index is 2.15. The summed E-state index contributed by atoms with van der Waals surface area (Å²) in [5, 5.41) is 0. The van der Waals surface area contributed by atoms with Crippen LogP contribution in [-0.4, -0.2) is 26.5 Å². The van der Waals surface area contributed by atoms with Gasteiger partial charge in [-0.05, 0) is 40.2 Å². The number of ether oxygens (including phenoxy) is 3. The van der Waals surface area contributed by atoms with Crippen molar-refractivity contribution in [3.05, 3.63) is 45.8 Å². The lowest BCUT2D eigenvalue weighted by molar-refractivity contribution is 0.0560. The number of benzene rings is 1. The second-order valence-electron chi connectivity index (χ2n) is 4.19. The Hall–Kier alpha value is -2.28. The highest BCUT2D eigenvalue weighted by atomic mass is 79.9. The van der Waals surface area contributed by atoms with E-state index in [4.69, 9.17) is 13.9 Å². The van der Waals surface area contributed by atoms with Gasteiger partial charge in [0.2, 0.25) is 5.76 Å². The number of hydrogen-bond donors (Lipinski definition) is 0. The van der Waals surface area contributed by atoms with Gasteiger partial charge in [-0.15, -0.1) is 0 Å². The van der Waals surface area contributed by atoms with Crippen LogP contribution in [0.3, 0.4) is 0 Å². The van der Waals surface area contributed by atoms with Crippen LogP contribution in [0.4, 0.5) is 0 Å². The van der Waals surface area contributed by atoms with Crippen molar-refractivity contribution in [2.24, 2.45) is 0 Å². The van der Waals surface area contributed by atoms with E-state index in [1.54, 1.807) is 18.2 Å². The Labute approximate surface area is 135 Å². The molecule has 0 unspecified atom stereocenters. The van der Waals surface area contributed by atoms with Crippen LogP contribution in [0.2, 0.25) is 0 Å². The molecule has 1 aromatic heterocycles. The van der Waals surface area contributed by atoms with Crippen LogP contribution in [0.25, 0.3) is 0 Å². The van der Waals surface area contributed by atoms with Crippen molar-refractivity contribution >= 4 is 28.2 Å². The molecular weight excluding hydrogens is 356 g/mol. The molecule has 0 saturated carbocycles. The van der Waals surface area contributed by atoms with E-state index in [1.165, 1.54) is 20.3 Å². The molecule has 0 atom stereocenters. The zero-order valence-electron chi connectivity index (χ0n) is 11.9. The third kappa shape index (κ3) is 3.48. The molecule has 0 aliphatic rings. The van der Waals surface area contributed by atoms with E-state index < -0.39 is 5.97 Å². The summed E-state index contributed by atoms with van der Waals surface area (Å²) in [5.74, 6) is 0.840. The summed E-state index contributed by atoms with van der Waals surface area (Å²) >= 11 is 3.27. The molecule has 0 aliphatic carbocycles. The first kappa shape index (κ1) is 16.1. The smallest absolute Gasteiger partial charge is 0.373 e. The number of esters is 1. The van der Waals surface area contributed by atoms with Crippen molar-refractivity contribution in [1.82, 2.24) is 0 Å². The Morgan fingerprint density at radius 3 is 2.68 bits per heavy atom. The molecule has 0 amide bonds. The van der Waals surface area contributed by atoms with Crippen molar-refractivity contribution in [3.8, 4) is 11.5 Å². The van der Waals surface area contributed by atoms with Crippen LogP contribution in [0.5, 0.6) is 11.5 Å². The first-order valence-electron chi connectivity index (χ1n) is 6.21. The van der Waals surface area contributed by atoms with Crippen LogP contribution in [0, 0.1) is 0 Å². The fourth-order valence-corrected chi connectivity index (χ4v) is 2.14. The van der Waals surface area contributed by atoms with Gasteiger partial charge >= 0.3 is 5.97 Å². The van der Waals surface area contributed by atoms with Gasteiger partial charge in [0.25, 0.3) is 0 Å². The number of carbonyl (C=O) groups is 2. The molecule has 116 valence electrons. The van der Waals surface area contributed by atoms with Gasteiger partial charge in [0.15, 0.2) is 17.8 Å². The van der Waals surface area contributed by atoms with E-state index in [2.05, 4.69) is 20.7 Å². The normalized spacial score (nSPS) is 10.1. The maximum Gasteiger partial charge on any atom is 0.373 e. The maximum atomic E-state index is 11.3. The van der Waals surface area contributed by atoms with Crippen molar-refractivity contribution in [3.63, 3.8) is 0 Å².